The van der Waals surface area contributed by atoms with Gasteiger partial charge in [-0.2, -0.15) is 0 Å². The molecule has 0 spiro atoms. The second kappa shape index (κ2) is 5.63. The summed E-state index contributed by atoms with van der Waals surface area (Å²) in [5, 5.41) is 15.2. The molecule has 1 aromatic rings. The van der Waals surface area contributed by atoms with Crippen LogP contribution in [0.5, 0.6) is 0 Å². The normalized spacial score (nSPS) is 14.2. The Morgan fingerprint density at radius 3 is 2.50 bits per heavy atom. The molecule has 16 heavy (non-hydrogen) atoms. The molecule has 0 radical (unpaired) electrons. The van der Waals surface area contributed by atoms with Crippen molar-refractivity contribution in [2.45, 2.75) is 26.0 Å². The number of amides is 1. The smallest absolute Gasteiger partial charge is 0.241 e. The molecule has 2 unspecified atom stereocenters. The standard InChI is InChI=1S/C12H18N2O2/c1-8(13-3)12(16)14-11-7-5-4-6-10(11)9(2)15/h4-9,13,15H,1-3H3,(H,14,16). The van der Waals surface area contributed by atoms with Gasteiger partial charge in [-0.1, -0.05) is 18.2 Å². The molecule has 0 aliphatic heterocycles. The fourth-order valence-electron chi connectivity index (χ4n) is 1.35. The minimum absolute atomic E-state index is 0.115. The predicted molar refractivity (Wildman–Crippen MR) is 64.2 cm³/mol. The van der Waals surface area contributed by atoms with Gasteiger partial charge >= 0.3 is 0 Å². The van der Waals surface area contributed by atoms with E-state index in [9.17, 15) is 9.90 Å². The fraction of sp³-hybridized carbons (Fsp3) is 0.417. The van der Waals surface area contributed by atoms with Gasteiger partial charge in [0.15, 0.2) is 0 Å². The Morgan fingerprint density at radius 2 is 1.94 bits per heavy atom. The van der Waals surface area contributed by atoms with Crippen molar-refractivity contribution in [3.8, 4) is 0 Å². The third kappa shape index (κ3) is 3.05. The molecule has 0 bridgehead atoms. The van der Waals surface area contributed by atoms with E-state index < -0.39 is 6.10 Å². The van der Waals surface area contributed by atoms with Crippen LogP contribution in [0, 0.1) is 0 Å². The van der Waals surface area contributed by atoms with Gasteiger partial charge in [-0.05, 0) is 27.0 Å². The van der Waals surface area contributed by atoms with Crippen LogP contribution in [0.3, 0.4) is 0 Å². The number of anilines is 1. The Morgan fingerprint density at radius 1 is 1.31 bits per heavy atom. The van der Waals surface area contributed by atoms with Gasteiger partial charge in [-0.15, -0.1) is 0 Å². The van der Waals surface area contributed by atoms with Crippen LogP contribution in [0.15, 0.2) is 24.3 Å². The van der Waals surface area contributed by atoms with E-state index in [-0.39, 0.29) is 11.9 Å². The maximum absolute atomic E-state index is 11.7. The summed E-state index contributed by atoms with van der Waals surface area (Å²) in [7, 11) is 1.73. The van der Waals surface area contributed by atoms with Gasteiger partial charge in [0.2, 0.25) is 5.91 Å². The van der Waals surface area contributed by atoms with Crippen LogP contribution in [-0.2, 0) is 4.79 Å². The first-order chi connectivity index (χ1) is 7.56. The number of hydrogen-bond acceptors (Lipinski definition) is 3. The molecule has 0 fully saturated rings. The minimum atomic E-state index is -0.596. The average molecular weight is 222 g/mol. The lowest BCUT2D eigenvalue weighted by Gasteiger charge is -2.15. The second-order valence-electron chi connectivity index (χ2n) is 3.76. The predicted octanol–water partition coefficient (Wildman–Crippen LogP) is 1.29. The number of benzene rings is 1. The van der Waals surface area contributed by atoms with E-state index in [2.05, 4.69) is 10.6 Å². The lowest BCUT2D eigenvalue weighted by atomic mass is 10.1. The molecule has 1 amide bonds. The molecule has 3 N–H and O–H groups in total. The van der Waals surface area contributed by atoms with Crippen LogP contribution >= 0.6 is 0 Å². The van der Waals surface area contributed by atoms with E-state index in [1.165, 1.54) is 0 Å². The van der Waals surface area contributed by atoms with E-state index in [4.69, 9.17) is 0 Å². The first-order valence-electron chi connectivity index (χ1n) is 5.31. The zero-order valence-electron chi connectivity index (χ0n) is 9.82. The first-order valence-corrected chi connectivity index (χ1v) is 5.31. The minimum Gasteiger partial charge on any atom is -0.389 e. The number of likely N-dealkylation sites (N-methyl/N-ethyl adjacent to an activating group) is 1. The molecule has 0 aliphatic carbocycles. The van der Waals surface area contributed by atoms with Gasteiger partial charge in [0.05, 0.1) is 12.1 Å². The molecule has 1 rings (SSSR count). The number of aliphatic hydroxyl groups excluding tert-OH is 1. The van der Waals surface area contributed by atoms with Gasteiger partial charge in [-0.3, -0.25) is 4.79 Å². The van der Waals surface area contributed by atoms with E-state index in [1.807, 2.05) is 12.1 Å². The highest BCUT2D eigenvalue weighted by atomic mass is 16.3. The molecule has 1 aromatic carbocycles. The summed E-state index contributed by atoms with van der Waals surface area (Å²) in [6, 6.07) is 6.97. The number of aliphatic hydroxyl groups is 1. The maximum atomic E-state index is 11.7. The average Bonchev–Trinajstić information content (AvgIpc) is 2.28. The SMILES string of the molecule is CNC(C)C(=O)Nc1ccccc1C(C)O. The molecule has 2 atom stereocenters. The molecule has 0 saturated carbocycles. The van der Waals surface area contributed by atoms with Crippen molar-refractivity contribution in [3.63, 3.8) is 0 Å². The lowest BCUT2D eigenvalue weighted by Crippen LogP contribution is -2.35. The highest BCUT2D eigenvalue weighted by Gasteiger charge is 2.13. The molecule has 0 aliphatic rings. The molecular weight excluding hydrogens is 204 g/mol. The number of rotatable bonds is 4. The summed E-state index contributed by atoms with van der Waals surface area (Å²) in [5.74, 6) is -0.115. The van der Waals surface area contributed by atoms with Crippen molar-refractivity contribution in [1.82, 2.24) is 5.32 Å². The molecule has 4 nitrogen and oxygen atoms in total. The highest BCUT2D eigenvalue weighted by Crippen LogP contribution is 2.22. The highest BCUT2D eigenvalue weighted by molar-refractivity contribution is 5.95. The van der Waals surface area contributed by atoms with E-state index >= 15 is 0 Å². The van der Waals surface area contributed by atoms with Gasteiger partial charge < -0.3 is 15.7 Å². The Labute approximate surface area is 95.7 Å². The Bertz CT molecular complexity index is 364. The van der Waals surface area contributed by atoms with Crippen molar-refractivity contribution in [2.75, 3.05) is 12.4 Å². The summed E-state index contributed by atoms with van der Waals surface area (Å²) in [4.78, 5) is 11.7. The Balaban J connectivity index is 2.84. The fourth-order valence-corrected chi connectivity index (χ4v) is 1.35. The first kappa shape index (κ1) is 12.7. The Kier molecular flexibility index (Phi) is 4.46. The maximum Gasteiger partial charge on any atom is 0.241 e. The van der Waals surface area contributed by atoms with E-state index in [1.54, 1.807) is 33.0 Å². The molecule has 4 heteroatoms. The summed E-state index contributed by atoms with van der Waals surface area (Å²) in [6.45, 7) is 3.45. The molecule has 0 saturated heterocycles. The van der Waals surface area contributed by atoms with Crippen LogP contribution in [0.1, 0.15) is 25.5 Å². The van der Waals surface area contributed by atoms with Crippen LogP contribution in [0.25, 0.3) is 0 Å². The van der Waals surface area contributed by atoms with E-state index in [0.29, 0.717) is 5.69 Å². The van der Waals surface area contributed by atoms with Crippen molar-refractivity contribution in [3.05, 3.63) is 29.8 Å². The number of nitrogens with one attached hydrogen (secondary N) is 2. The summed E-state index contributed by atoms with van der Waals surface area (Å²) >= 11 is 0. The number of hydrogen-bond donors (Lipinski definition) is 3. The summed E-state index contributed by atoms with van der Waals surface area (Å²) < 4.78 is 0. The molecular formula is C12H18N2O2. The van der Waals surface area contributed by atoms with Crippen molar-refractivity contribution in [2.24, 2.45) is 0 Å². The zero-order valence-corrected chi connectivity index (χ0v) is 9.82. The summed E-state index contributed by atoms with van der Waals surface area (Å²) in [6.07, 6.45) is -0.596. The zero-order chi connectivity index (χ0) is 12.1. The monoisotopic (exact) mass is 222 g/mol. The van der Waals surface area contributed by atoms with Crippen LogP contribution in [0.2, 0.25) is 0 Å². The second-order valence-corrected chi connectivity index (χ2v) is 3.76. The summed E-state index contributed by atoms with van der Waals surface area (Å²) in [5.41, 5.74) is 1.38. The van der Waals surface area contributed by atoms with Crippen molar-refractivity contribution < 1.29 is 9.90 Å². The van der Waals surface area contributed by atoms with Crippen LogP contribution < -0.4 is 10.6 Å². The van der Waals surface area contributed by atoms with Gasteiger partial charge in [-0.25, -0.2) is 0 Å². The van der Waals surface area contributed by atoms with Crippen molar-refractivity contribution in [1.29, 1.82) is 0 Å². The van der Waals surface area contributed by atoms with Crippen LogP contribution in [0.4, 0.5) is 5.69 Å². The van der Waals surface area contributed by atoms with Gasteiger partial charge in [0.1, 0.15) is 0 Å². The quantitative estimate of drug-likeness (QED) is 0.719. The van der Waals surface area contributed by atoms with Gasteiger partial charge in [0.25, 0.3) is 0 Å². The molecule has 88 valence electrons. The number of carbonyl (C=O) groups excluding carboxylic acids is 1. The topological polar surface area (TPSA) is 61.4 Å². The number of para-hydroxylation sites is 1. The van der Waals surface area contributed by atoms with Gasteiger partial charge in [0, 0.05) is 11.3 Å². The third-order valence-corrected chi connectivity index (χ3v) is 2.50. The number of carbonyl (C=O) groups is 1. The molecule has 0 heterocycles. The van der Waals surface area contributed by atoms with Crippen LogP contribution in [-0.4, -0.2) is 24.1 Å². The molecule has 0 aromatic heterocycles. The van der Waals surface area contributed by atoms with E-state index in [0.717, 1.165) is 5.56 Å². The third-order valence-electron chi connectivity index (χ3n) is 2.50. The Hall–Kier alpha value is -1.39. The van der Waals surface area contributed by atoms with Crippen molar-refractivity contribution >= 4 is 11.6 Å². The largest absolute Gasteiger partial charge is 0.389 e. The lowest BCUT2D eigenvalue weighted by molar-refractivity contribution is -0.117.